The van der Waals surface area contributed by atoms with Crippen molar-refractivity contribution in [2.24, 2.45) is 0 Å². The molecular weight excluding hydrogens is 407 g/mol. The van der Waals surface area contributed by atoms with E-state index >= 15 is 0 Å². The molecule has 0 radical (unpaired) electrons. The molecule has 0 aliphatic carbocycles. The predicted octanol–water partition coefficient (Wildman–Crippen LogP) is 5.21. The fraction of sp³-hybridized carbons (Fsp3) is 0.467. The van der Waals surface area contributed by atoms with E-state index in [0.717, 1.165) is 34.0 Å². The highest BCUT2D eigenvalue weighted by Crippen LogP contribution is 2.42. The Morgan fingerprint density at radius 3 is 2.68 bits per heavy atom. The molecule has 3 rings (SSSR count). The third kappa shape index (κ3) is 2.80. The van der Waals surface area contributed by atoms with Gasteiger partial charge in [0.05, 0.1) is 21.6 Å². The Bertz CT molecular complexity index is 741. The predicted molar refractivity (Wildman–Crippen MR) is 98.0 cm³/mol. The first-order valence-electron chi connectivity index (χ1n) is 7.05. The Labute approximate surface area is 151 Å². The van der Waals surface area contributed by atoms with Crippen molar-refractivity contribution in [3.05, 3.63) is 32.3 Å². The summed E-state index contributed by atoms with van der Waals surface area (Å²) in [5, 5.41) is 2.15. The van der Waals surface area contributed by atoms with Crippen LogP contribution in [0.4, 0.5) is 0 Å². The summed E-state index contributed by atoms with van der Waals surface area (Å²) >= 11 is 15.0. The van der Waals surface area contributed by atoms with Gasteiger partial charge < -0.3 is 9.12 Å². The molecule has 0 bridgehead atoms. The molecule has 2 aromatic rings. The fourth-order valence-corrected chi connectivity index (χ4v) is 4.68. The summed E-state index contributed by atoms with van der Waals surface area (Å²) in [4.78, 5) is 0. The van der Waals surface area contributed by atoms with Crippen LogP contribution >= 0.6 is 39.1 Å². The minimum Gasteiger partial charge on any atom is -0.598 e. The molecule has 0 fully saturated rings. The Hall–Kier alpha value is 0.0900. The van der Waals surface area contributed by atoms with E-state index in [9.17, 15) is 4.55 Å². The molecule has 7 heteroatoms. The number of rotatable bonds is 2. The zero-order chi connectivity index (χ0) is 16.2. The number of fused-ring (bicyclic) bond motifs is 3. The van der Waals surface area contributed by atoms with Crippen molar-refractivity contribution in [1.82, 2.24) is 9.29 Å². The van der Waals surface area contributed by atoms with E-state index in [0.29, 0.717) is 10.0 Å². The second-order valence-corrected chi connectivity index (χ2v) is 10.1. The lowest BCUT2D eigenvalue weighted by molar-refractivity contribution is 0.522. The maximum absolute atomic E-state index is 12.4. The summed E-state index contributed by atoms with van der Waals surface area (Å²) in [5.41, 5.74) is 2.05. The number of benzene rings is 1. The van der Waals surface area contributed by atoms with Crippen molar-refractivity contribution in [2.45, 2.75) is 44.5 Å². The molecule has 2 heterocycles. The minimum atomic E-state index is -1.11. The van der Waals surface area contributed by atoms with Gasteiger partial charge in [0.2, 0.25) is 0 Å². The lowest BCUT2D eigenvalue weighted by Gasteiger charge is -2.26. The van der Waals surface area contributed by atoms with Gasteiger partial charge in [0.15, 0.2) is 0 Å². The molecule has 0 saturated carbocycles. The quantitative estimate of drug-likeness (QED) is 0.532. The van der Waals surface area contributed by atoms with Crippen LogP contribution in [-0.4, -0.2) is 13.9 Å². The largest absolute Gasteiger partial charge is 0.598 e. The van der Waals surface area contributed by atoms with Gasteiger partial charge in [0.25, 0.3) is 0 Å². The van der Waals surface area contributed by atoms with Crippen molar-refractivity contribution in [1.29, 1.82) is 0 Å². The van der Waals surface area contributed by atoms with E-state index in [-0.39, 0.29) is 10.8 Å². The van der Waals surface area contributed by atoms with Crippen molar-refractivity contribution in [3.63, 3.8) is 0 Å². The highest BCUT2D eigenvalue weighted by molar-refractivity contribution is 9.10. The van der Waals surface area contributed by atoms with Crippen LogP contribution in [0.15, 0.2) is 16.6 Å². The van der Waals surface area contributed by atoms with Crippen LogP contribution in [0.2, 0.25) is 10.0 Å². The number of nitrogens with zero attached hydrogens (tertiary/aromatic N) is 1. The number of halogens is 3. The normalized spacial score (nSPS) is 19.7. The number of hydrogen-bond donors (Lipinski definition) is 1. The summed E-state index contributed by atoms with van der Waals surface area (Å²) in [5.74, 6) is 0. The van der Waals surface area contributed by atoms with Gasteiger partial charge in [-0.05, 0) is 39.3 Å². The lowest BCUT2D eigenvalue weighted by Crippen LogP contribution is -2.40. The first-order chi connectivity index (χ1) is 10.2. The van der Waals surface area contributed by atoms with Crippen LogP contribution in [0.1, 0.15) is 38.9 Å². The second-order valence-electron chi connectivity index (χ2n) is 6.48. The monoisotopic (exact) mass is 422 g/mol. The van der Waals surface area contributed by atoms with Crippen molar-refractivity contribution in [3.8, 4) is 0 Å². The maximum Gasteiger partial charge on any atom is 0.136 e. The zero-order valence-corrected chi connectivity index (χ0v) is 16.5. The molecule has 1 aromatic carbocycles. The average molecular weight is 424 g/mol. The third-order valence-electron chi connectivity index (χ3n) is 3.86. The van der Waals surface area contributed by atoms with Gasteiger partial charge in [-0.1, -0.05) is 39.1 Å². The van der Waals surface area contributed by atoms with E-state index in [1.54, 1.807) is 0 Å². The minimum absolute atomic E-state index is 0.0641. The Morgan fingerprint density at radius 1 is 1.36 bits per heavy atom. The van der Waals surface area contributed by atoms with Crippen molar-refractivity contribution in [2.75, 3.05) is 0 Å². The van der Waals surface area contributed by atoms with Gasteiger partial charge in [0, 0.05) is 33.5 Å². The van der Waals surface area contributed by atoms with Crippen LogP contribution in [-0.2, 0) is 17.9 Å². The van der Waals surface area contributed by atoms with E-state index in [4.69, 9.17) is 23.2 Å². The first-order valence-corrected chi connectivity index (χ1v) is 9.74. The molecule has 1 N–H and O–H groups in total. The Kier molecular flexibility index (Phi) is 4.52. The average Bonchev–Trinajstić information content (AvgIpc) is 2.95. The molecule has 0 saturated heterocycles. The van der Waals surface area contributed by atoms with Crippen molar-refractivity contribution >= 4 is 61.4 Å². The molecule has 1 aliphatic heterocycles. The highest BCUT2D eigenvalue weighted by Gasteiger charge is 2.34. The summed E-state index contributed by atoms with van der Waals surface area (Å²) in [7, 11) is 0. The number of hydrogen-bond acceptors (Lipinski definition) is 2. The van der Waals surface area contributed by atoms with Gasteiger partial charge in [-0.3, -0.25) is 0 Å². The molecule has 0 amide bonds. The summed E-state index contributed by atoms with van der Waals surface area (Å²) < 4.78 is 18.4. The molecule has 2 atom stereocenters. The van der Waals surface area contributed by atoms with Crippen LogP contribution < -0.4 is 4.72 Å². The smallest absolute Gasteiger partial charge is 0.136 e. The van der Waals surface area contributed by atoms with Gasteiger partial charge in [0.1, 0.15) is 4.75 Å². The molecule has 0 spiro atoms. The molecule has 0 unspecified atom stereocenters. The SMILES string of the molecule is CC(C)(C)[S@+]([O-])N[C@@H]1CCn2c1cc1c(Br)cc(Cl)c(Cl)c12. The van der Waals surface area contributed by atoms with Crippen LogP contribution in [0, 0.1) is 0 Å². The summed E-state index contributed by atoms with van der Waals surface area (Å²) in [6, 6.07) is 3.98. The molecule has 22 heavy (non-hydrogen) atoms. The number of aryl methyl sites for hydroxylation is 1. The molecule has 120 valence electrons. The van der Waals surface area contributed by atoms with Gasteiger partial charge in [-0.15, -0.1) is 4.72 Å². The van der Waals surface area contributed by atoms with Gasteiger partial charge in [-0.25, -0.2) is 0 Å². The van der Waals surface area contributed by atoms with Crippen LogP contribution in [0.25, 0.3) is 10.9 Å². The Morgan fingerprint density at radius 2 is 2.05 bits per heavy atom. The van der Waals surface area contributed by atoms with Crippen LogP contribution in [0.3, 0.4) is 0 Å². The van der Waals surface area contributed by atoms with E-state index in [1.165, 1.54) is 0 Å². The molecule has 1 aliphatic rings. The van der Waals surface area contributed by atoms with E-state index < -0.39 is 11.4 Å². The van der Waals surface area contributed by atoms with E-state index in [2.05, 4.69) is 31.3 Å². The standard InChI is InChI=1S/C15H17BrCl2N2OS/c1-15(2,3)22(21)19-11-4-5-20-12(11)6-8-9(16)7-10(17)13(18)14(8)20/h6-7,11,19H,4-5H2,1-3H3/t11-,22+/m1/s1. The molecular formula is C15H17BrCl2N2OS. The van der Waals surface area contributed by atoms with Crippen LogP contribution in [0.5, 0.6) is 0 Å². The highest BCUT2D eigenvalue weighted by atomic mass is 79.9. The first kappa shape index (κ1) is 16.9. The topological polar surface area (TPSA) is 40.0 Å². The Balaban J connectivity index is 2.04. The molecule has 1 aromatic heterocycles. The van der Waals surface area contributed by atoms with Gasteiger partial charge >= 0.3 is 0 Å². The zero-order valence-electron chi connectivity index (χ0n) is 12.5. The summed E-state index contributed by atoms with van der Waals surface area (Å²) in [6.07, 6.45) is 0.896. The second kappa shape index (κ2) is 5.87. The summed E-state index contributed by atoms with van der Waals surface area (Å²) in [6.45, 7) is 6.74. The van der Waals surface area contributed by atoms with E-state index in [1.807, 2.05) is 26.8 Å². The number of nitrogens with one attached hydrogen (secondary N) is 1. The maximum atomic E-state index is 12.4. The third-order valence-corrected chi connectivity index (χ3v) is 6.91. The van der Waals surface area contributed by atoms with Crippen molar-refractivity contribution < 1.29 is 4.55 Å². The number of aromatic nitrogens is 1. The van der Waals surface area contributed by atoms with Gasteiger partial charge in [-0.2, -0.15) is 0 Å². The lowest BCUT2D eigenvalue weighted by atomic mass is 10.2. The molecule has 3 nitrogen and oxygen atoms in total. The fourth-order valence-electron chi connectivity index (χ4n) is 2.71.